The Kier molecular flexibility index (Phi) is 4.98. The first-order valence-corrected chi connectivity index (χ1v) is 5.07. The highest BCUT2D eigenvalue weighted by Crippen LogP contribution is 2.17. The van der Waals surface area contributed by atoms with E-state index in [0.29, 0.717) is 0 Å². The fourth-order valence-electron chi connectivity index (χ4n) is 0.991. The van der Waals surface area contributed by atoms with E-state index < -0.39 is 11.6 Å². The molecule has 1 N–H and O–H groups in total. The van der Waals surface area contributed by atoms with E-state index in [2.05, 4.69) is 5.32 Å². The van der Waals surface area contributed by atoms with Crippen molar-refractivity contribution in [1.29, 1.82) is 0 Å². The lowest BCUT2D eigenvalue weighted by Gasteiger charge is -2.07. The van der Waals surface area contributed by atoms with Gasteiger partial charge >= 0.3 is 0 Å². The van der Waals surface area contributed by atoms with Gasteiger partial charge in [0.1, 0.15) is 18.3 Å². The Bertz CT molecular complexity index is 374. The molecule has 3 nitrogen and oxygen atoms in total. The Labute approximate surface area is 96.4 Å². The molecule has 6 heteroatoms. The van der Waals surface area contributed by atoms with Crippen LogP contribution in [0.2, 0.25) is 0 Å². The van der Waals surface area contributed by atoms with Crippen LogP contribution in [-0.4, -0.2) is 24.9 Å². The van der Waals surface area contributed by atoms with Gasteiger partial charge in [0.15, 0.2) is 11.6 Å². The van der Waals surface area contributed by atoms with Crippen molar-refractivity contribution in [3.63, 3.8) is 0 Å². The lowest BCUT2D eigenvalue weighted by Crippen LogP contribution is -2.28. The first-order chi connectivity index (χ1) is 7.63. The molecule has 0 spiro atoms. The Hall–Kier alpha value is -1.36. The number of rotatable bonds is 5. The zero-order valence-corrected chi connectivity index (χ0v) is 9.06. The summed E-state index contributed by atoms with van der Waals surface area (Å²) in [6.07, 6.45) is 0. The van der Waals surface area contributed by atoms with Gasteiger partial charge in [-0.25, -0.2) is 8.78 Å². The summed E-state index contributed by atoms with van der Waals surface area (Å²) in [5.74, 6) is -1.96. The molecule has 16 heavy (non-hydrogen) atoms. The lowest BCUT2D eigenvalue weighted by atomic mass is 10.3. The number of nitrogens with one attached hydrogen (secondary N) is 1. The summed E-state index contributed by atoms with van der Waals surface area (Å²) in [5.41, 5.74) is 0. The van der Waals surface area contributed by atoms with Gasteiger partial charge in [0.05, 0.1) is 6.54 Å². The Morgan fingerprint density at radius 2 is 2.19 bits per heavy atom. The smallest absolute Gasteiger partial charge is 0.235 e. The molecule has 0 heterocycles. The van der Waals surface area contributed by atoms with Crippen molar-refractivity contribution >= 4 is 17.5 Å². The number of carbonyl (C=O) groups is 1. The maximum atomic E-state index is 13.0. The molecule has 1 amide bonds. The number of halogens is 3. The first kappa shape index (κ1) is 12.7. The van der Waals surface area contributed by atoms with Crippen molar-refractivity contribution in [2.45, 2.75) is 0 Å². The van der Waals surface area contributed by atoms with Gasteiger partial charge in [-0.15, -0.1) is 11.6 Å². The van der Waals surface area contributed by atoms with Crippen molar-refractivity contribution in [3.8, 4) is 5.75 Å². The molecule has 0 fully saturated rings. The van der Waals surface area contributed by atoms with Gasteiger partial charge in [0.2, 0.25) is 5.91 Å². The lowest BCUT2D eigenvalue weighted by molar-refractivity contribution is -0.118. The van der Waals surface area contributed by atoms with Gasteiger partial charge in [-0.3, -0.25) is 4.79 Å². The molecule has 0 aromatic heterocycles. The van der Waals surface area contributed by atoms with Gasteiger partial charge in [0, 0.05) is 6.07 Å². The zero-order valence-electron chi connectivity index (χ0n) is 8.30. The highest BCUT2D eigenvalue weighted by atomic mass is 35.5. The largest absolute Gasteiger partial charge is 0.489 e. The van der Waals surface area contributed by atoms with Crippen LogP contribution in [0.5, 0.6) is 5.75 Å². The third-order valence-corrected chi connectivity index (χ3v) is 1.94. The van der Waals surface area contributed by atoms with Crippen LogP contribution in [0.1, 0.15) is 0 Å². The fraction of sp³-hybridized carbons (Fsp3) is 0.300. The summed E-state index contributed by atoms with van der Waals surface area (Å²) in [7, 11) is 0. The van der Waals surface area contributed by atoms with E-state index in [1.54, 1.807) is 0 Å². The van der Waals surface area contributed by atoms with E-state index in [4.69, 9.17) is 16.3 Å². The third-order valence-electron chi connectivity index (χ3n) is 1.70. The molecule has 0 bridgehead atoms. The van der Waals surface area contributed by atoms with Crippen molar-refractivity contribution in [2.75, 3.05) is 19.0 Å². The molecule has 0 aliphatic heterocycles. The zero-order chi connectivity index (χ0) is 12.0. The number of hydrogen-bond acceptors (Lipinski definition) is 2. The number of benzene rings is 1. The van der Waals surface area contributed by atoms with Gasteiger partial charge in [-0.1, -0.05) is 0 Å². The van der Waals surface area contributed by atoms with Gasteiger partial charge in [0.25, 0.3) is 0 Å². The first-order valence-electron chi connectivity index (χ1n) is 4.54. The normalized spacial score (nSPS) is 9.94. The molecule has 0 saturated heterocycles. The van der Waals surface area contributed by atoms with Crippen LogP contribution >= 0.6 is 11.6 Å². The molecule has 88 valence electrons. The van der Waals surface area contributed by atoms with Crippen LogP contribution in [0.3, 0.4) is 0 Å². The predicted octanol–water partition coefficient (Wildman–Crippen LogP) is 1.70. The average molecular weight is 250 g/mol. The molecule has 0 atom stereocenters. The maximum absolute atomic E-state index is 13.0. The number of amides is 1. The van der Waals surface area contributed by atoms with E-state index >= 15 is 0 Å². The standard InChI is InChI=1S/C10H10ClF2NO2/c11-6-10(15)14-3-4-16-9-2-1-7(12)5-8(9)13/h1-2,5H,3-4,6H2,(H,14,15). The number of carbonyl (C=O) groups excluding carboxylic acids is 1. The Morgan fingerprint density at radius 1 is 1.44 bits per heavy atom. The third kappa shape index (κ3) is 4.02. The molecule has 0 radical (unpaired) electrons. The van der Waals surface area contributed by atoms with E-state index in [1.165, 1.54) is 6.07 Å². The van der Waals surface area contributed by atoms with Crippen LogP contribution in [0.15, 0.2) is 18.2 Å². The highest BCUT2D eigenvalue weighted by molar-refractivity contribution is 6.27. The van der Waals surface area contributed by atoms with Crippen LogP contribution in [0.4, 0.5) is 8.78 Å². The van der Waals surface area contributed by atoms with E-state index in [-0.39, 0.29) is 30.7 Å². The second-order valence-electron chi connectivity index (χ2n) is 2.91. The second-order valence-corrected chi connectivity index (χ2v) is 3.17. The van der Waals surface area contributed by atoms with Gasteiger partial charge in [-0.2, -0.15) is 0 Å². The molecule has 1 aromatic carbocycles. The van der Waals surface area contributed by atoms with Crippen molar-refractivity contribution in [2.24, 2.45) is 0 Å². The van der Waals surface area contributed by atoms with Crippen molar-refractivity contribution < 1.29 is 18.3 Å². The summed E-state index contributed by atoms with van der Waals surface area (Å²) >= 11 is 5.24. The van der Waals surface area contributed by atoms with E-state index in [1.807, 2.05) is 0 Å². The van der Waals surface area contributed by atoms with Crippen LogP contribution in [-0.2, 0) is 4.79 Å². The van der Waals surface area contributed by atoms with Crippen LogP contribution in [0.25, 0.3) is 0 Å². The maximum Gasteiger partial charge on any atom is 0.235 e. The van der Waals surface area contributed by atoms with E-state index in [9.17, 15) is 13.6 Å². The molecule has 0 unspecified atom stereocenters. The SMILES string of the molecule is O=C(CCl)NCCOc1ccc(F)cc1F. The Morgan fingerprint density at radius 3 is 2.81 bits per heavy atom. The topological polar surface area (TPSA) is 38.3 Å². The molecule has 0 aliphatic carbocycles. The van der Waals surface area contributed by atoms with Crippen molar-refractivity contribution in [3.05, 3.63) is 29.8 Å². The molecular formula is C10H10ClF2NO2. The predicted molar refractivity (Wildman–Crippen MR) is 55.6 cm³/mol. The quantitative estimate of drug-likeness (QED) is 0.637. The fourth-order valence-corrected chi connectivity index (χ4v) is 1.09. The number of hydrogen-bond donors (Lipinski definition) is 1. The van der Waals surface area contributed by atoms with Gasteiger partial charge < -0.3 is 10.1 Å². The number of ether oxygens (including phenoxy) is 1. The summed E-state index contributed by atoms with van der Waals surface area (Å²) < 4.78 is 30.5. The Balaban J connectivity index is 2.35. The monoisotopic (exact) mass is 249 g/mol. The molecule has 1 aromatic rings. The molecule has 0 aliphatic rings. The van der Waals surface area contributed by atoms with Crippen molar-refractivity contribution in [1.82, 2.24) is 5.32 Å². The number of alkyl halides is 1. The van der Waals surface area contributed by atoms with Crippen LogP contribution in [0, 0.1) is 11.6 Å². The average Bonchev–Trinajstić information content (AvgIpc) is 2.26. The summed E-state index contributed by atoms with van der Waals surface area (Å²) in [4.78, 5) is 10.7. The summed E-state index contributed by atoms with van der Waals surface area (Å²) in [6, 6.07) is 3.01. The summed E-state index contributed by atoms with van der Waals surface area (Å²) in [5, 5.41) is 2.44. The highest BCUT2D eigenvalue weighted by Gasteiger charge is 2.04. The van der Waals surface area contributed by atoms with Gasteiger partial charge in [-0.05, 0) is 12.1 Å². The minimum absolute atomic E-state index is 0.0541. The summed E-state index contributed by atoms with van der Waals surface area (Å²) in [6.45, 7) is 0.299. The molecular weight excluding hydrogens is 240 g/mol. The molecule has 1 rings (SSSR count). The minimum Gasteiger partial charge on any atom is -0.489 e. The minimum atomic E-state index is -0.774. The molecule has 0 saturated carbocycles. The second kappa shape index (κ2) is 6.27. The van der Waals surface area contributed by atoms with E-state index in [0.717, 1.165) is 12.1 Å². The van der Waals surface area contributed by atoms with Crippen LogP contribution < -0.4 is 10.1 Å².